The Morgan fingerprint density at radius 2 is 1.35 bits per heavy atom. The summed E-state index contributed by atoms with van der Waals surface area (Å²) in [5, 5.41) is 22.1. The first kappa shape index (κ1) is 27.6. The van der Waals surface area contributed by atoms with Gasteiger partial charge in [0.05, 0.1) is 18.2 Å². The molecule has 0 spiro atoms. The van der Waals surface area contributed by atoms with Gasteiger partial charge in [0.15, 0.2) is 0 Å². The molecular weight excluding hydrogens is 519 g/mol. The van der Waals surface area contributed by atoms with Crippen molar-refractivity contribution in [3.05, 3.63) is 141 Å². The van der Waals surface area contributed by atoms with Crippen LogP contribution in [-0.2, 0) is 25.4 Å². The molecule has 4 aromatic rings. The molecule has 208 valence electrons. The summed E-state index contributed by atoms with van der Waals surface area (Å²) >= 11 is 0. The maximum atomic E-state index is 15.2. The molecule has 0 aliphatic carbocycles. The molecule has 0 saturated carbocycles. The lowest BCUT2D eigenvalue weighted by molar-refractivity contribution is -0.339. The zero-order chi connectivity index (χ0) is 28.5. The molecule has 0 amide bonds. The highest BCUT2D eigenvalue weighted by molar-refractivity contribution is 5.55. The van der Waals surface area contributed by atoms with Crippen molar-refractivity contribution in [2.24, 2.45) is 0 Å². The maximum Gasteiger partial charge on any atom is 0.331 e. The molecule has 3 atom stereocenters. The Morgan fingerprint density at radius 3 is 1.75 bits per heavy atom. The second-order valence-electron chi connectivity index (χ2n) is 9.46. The van der Waals surface area contributed by atoms with Gasteiger partial charge in [0.25, 0.3) is 5.56 Å². The van der Waals surface area contributed by atoms with Crippen LogP contribution in [0.2, 0.25) is 0 Å². The van der Waals surface area contributed by atoms with E-state index in [0.29, 0.717) is 22.9 Å². The Hall–Kier alpha value is -3.93. The highest BCUT2D eigenvalue weighted by Gasteiger charge is 2.78. The van der Waals surface area contributed by atoms with Crippen LogP contribution in [0.3, 0.4) is 0 Å². The molecule has 3 N–H and O–H groups in total. The van der Waals surface area contributed by atoms with Gasteiger partial charge in [-0.1, -0.05) is 91.0 Å². The number of nitrogens with one attached hydrogen (secondary N) is 1. The lowest BCUT2D eigenvalue weighted by atomic mass is 9.59. The molecule has 1 saturated heterocycles. The van der Waals surface area contributed by atoms with Crippen LogP contribution in [0.1, 0.15) is 16.7 Å². The molecule has 0 radical (unpaired) electrons. The predicted molar refractivity (Wildman–Crippen MR) is 143 cm³/mol. The zero-order valence-electron chi connectivity index (χ0n) is 21.9. The fourth-order valence-electron chi connectivity index (χ4n) is 6.14. The van der Waals surface area contributed by atoms with Crippen LogP contribution < -0.4 is 11.2 Å². The van der Waals surface area contributed by atoms with E-state index in [1.807, 2.05) is 23.2 Å². The highest BCUT2D eigenvalue weighted by atomic mass is 19.1. The Bertz CT molecular complexity index is 1480. The normalized spacial score (nSPS) is 22.3. The van der Waals surface area contributed by atoms with Gasteiger partial charge >= 0.3 is 5.69 Å². The molecule has 3 aromatic carbocycles. The van der Waals surface area contributed by atoms with E-state index in [1.165, 1.54) is 14.2 Å². The van der Waals surface area contributed by atoms with Gasteiger partial charge in [-0.15, -0.1) is 0 Å². The van der Waals surface area contributed by atoms with Crippen molar-refractivity contribution in [1.82, 2.24) is 9.55 Å². The molecule has 9 nitrogen and oxygen atoms in total. The molecule has 0 unspecified atom stereocenters. The van der Waals surface area contributed by atoms with Gasteiger partial charge in [0, 0.05) is 14.2 Å². The molecule has 0 bridgehead atoms. The first-order chi connectivity index (χ1) is 19.3. The predicted octanol–water partition coefficient (Wildman–Crippen LogP) is 2.10. The summed E-state index contributed by atoms with van der Waals surface area (Å²) in [5.74, 6) is -3.54. The van der Waals surface area contributed by atoms with Crippen LogP contribution in [0.25, 0.3) is 0 Å². The van der Waals surface area contributed by atoms with Gasteiger partial charge < -0.3 is 24.4 Å². The molecule has 5 rings (SSSR count). The van der Waals surface area contributed by atoms with Crippen LogP contribution in [0.4, 0.5) is 4.39 Å². The van der Waals surface area contributed by atoms with E-state index in [-0.39, 0.29) is 0 Å². The number of nitrogens with zero attached hydrogens (tertiary/aromatic N) is 1. The Labute approximate surface area is 229 Å². The Balaban J connectivity index is 2.13. The molecule has 40 heavy (non-hydrogen) atoms. The lowest BCUT2D eigenvalue weighted by Crippen LogP contribution is -2.71. The van der Waals surface area contributed by atoms with Crippen molar-refractivity contribution in [3.8, 4) is 0 Å². The summed E-state index contributed by atoms with van der Waals surface area (Å²) in [6.07, 6.45) is -2.34. The van der Waals surface area contributed by atoms with Gasteiger partial charge in [-0.05, 0) is 16.7 Å². The van der Waals surface area contributed by atoms with Crippen molar-refractivity contribution in [2.75, 3.05) is 20.8 Å². The number of aromatic amines is 1. The van der Waals surface area contributed by atoms with Gasteiger partial charge in [0.2, 0.25) is 17.3 Å². The van der Waals surface area contributed by atoms with Gasteiger partial charge in [-0.3, -0.25) is 14.3 Å². The van der Waals surface area contributed by atoms with Crippen LogP contribution in [0, 0.1) is 5.82 Å². The van der Waals surface area contributed by atoms with Crippen LogP contribution in [-0.4, -0.2) is 58.6 Å². The lowest BCUT2D eigenvalue weighted by Gasteiger charge is -2.55. The van der Waals surface area contributed by atoms with E-state index >= 15 is 4.39 Å². The summed E-state index contributed by atoms with van der Waals surface area (Å²) in [5.41, 5.74) is -4.59. The number of rotatable bonds is 8. The van der Waals surface area contributed by atoms with E-state index < -0.39 is 52.8 Å². The fraction of sp³-hybridized carbons (Fsp3) is 0.267. The summed E-state index contributed by atoms with van der Waals surface area (Å²) in [4.78, 5) is 28.0. The van der Waals surface area contributed by atoms with Gasteiger partial charge in [-0.25, -0.2) is 4.79 Å². The largest absolute Gasteiger partial charge is 0.394 e. The summed E-state index contributed by atoms with van der Waals surface area (Å²) < 4.78 is 34.6. The third kappa shape index (κ3) is 3.65. The number of methoxy groups -OCH3 is 2. The molecular formula is C30H29FN2O7. The van der Waals surface area contributed by atoms with Gasteiger partial charge in [-0.2, -0.15) is 4.39 Å². The first-order valence-electron chi connectivity index (χ1n) is 12.6. The number of aliphatic hydroxyl groups excluding tert-OH is 2. The second kappa shape index (κ2) is 10.6. The highest BCUT2D eigenvalue weighted by Crippen LogP contribution is 2.61. The van der Waals surface area contributed by atoms with Crippen LogP contribution >= 0.6 is 0 Å². The van der Waals surface area contributed by atoms with Crippen molar-refractivity contribution in [2.45, 2.75) is 29.1 Å². The average molecular weight is 549 g/mol. The van der Waals surface area contributed by atoms with E-state index in [4.69, 9.17) is 14.2 Å². The number of aromatic nitrogens is 2. The standard InChI is InChI=1S/C30H29FN2O7/c1-38-29(39-2)25(35)24(19-34)40-30(29,33-18-23(31)26(36)32-27(33)37)28(20-12-6-3-7-13-20,21-14-8-4-9-15-21)22-16-10-5-11-17-22/h3-18,24-25,34-35H,19H2,1-2H3,(H,32,36,37)/t24-,25-,30-/m1/s1. The molecule has 1 aliphatic rings. The minimum atomic E-state index is -2.32. The topological polar surface area (TPSA) is 123 Å². The fourth-order valence-corrected chi connectivity index (χ4v) is 6.14. The quantitative estimate of drug-likeness (QED) is 0.228. The van der Waals surface area contributed by atoms with E-state index in [1.54, 1.807) is 72.8 Å². The Morgan fingerprint density at radius 1 is 0.900 bits per heavy atom. The molecule has 10 heteroatoms. The van der Waals surface area contributed by atoms with Crippen molar-refractivity contribution in [1.29, 1.82) is 0 Å². The maximum absolute atomic E-state index is 15.2. The number of aliphatic hydroxyl groups is 2. The third-order valence-electron chi connectivity index (χ3n) is 7.69. The van der Waals surface area contributed by atoms with Crippen molar-refractivity contribution in [3.63, 3.8) is 0 Å². The second-order valence-corrected chi connectivity index (χ2v) is 9.46. The van der Waals surface area contributed by atoms with Crippen LogP contribution in [0.5, 0.6) is 0 Å². The average Bonchev–Trinajstić information content (AvgIpc) is 3.25. The van der Waals surface area contributed by atoms with Crippen molar-refractivity contribution < 1.29 is 28.8 Å². The molecule has 1 aliphatic heterocycles. The summed E-state index contributed by atoms with van der Waals surface area (Å²) in [7, 11) is 2.51. The zero-order valence-corrected chi connectivity index (χ0v) is 21.9. The smallest absolute Gasteiger partial charge is 0.331 e. The summed E-state index contributed by atoms with van der Waals surface area (Å²) in [6, 6.07) is 26.9. The number of hydrogen-bond acceptors (Lipinski definition) is 7. The monoisotopic (exact) mass is 548 g/mol. The number of H-pyrrole nitrogens is 1. The third-order valence-corrected chi connectivity index (χ3v) is 7.69. The van der Waals surface area contributed by atoms with E-state index in [2.05, 4.69) is 0 Å². The number of hydrogen-bond donors (Lipinski definition) is 3. The Kier molecular flexibility index (Phi) is 7.30. The first-order valence-corrected chi connectivity index (χ1v) is 12.6. The number of ether oxygens (including phenoxy) is 3. The number of halogens is 1. The van der Waals surface area contributed by atoms with Crippen LogP contribution in [0.15, 0.2) is 107 Å². The molecule has 1 aromatic heterocycles. The van der Waals surface area contributed by atoms with E-state index in [0.717, 1.165) is 4.57 Å². The summed E-state index contributed by atoms with van der Waals surface area (Å²) in [6.45, 7) is -0.702. The van der Waals surface area contributed by atoms with Gasteiger partial charge in [0.1, 0.15) is 12.2 Å². The minimum absolute atomic E-state index is 0.551. The molecule has 2 heterocycles. The molecule has 1 fully saturated rings. The van der Waals surface area contributed by atoms with E-state index in [9.17, 15) is 19.8 Å². The van der Waals surface area contributed by atoms with Crippen molar-refractivity contribution >= 4 is 0 Å². The minimum Gasteiger partial charge on any atom is -0.394 e. The number of benzene rings is 3. The SMILES string of the molecule is COC1(OC)[C@H](O)[C@@H](CO)O[C@]1(n1cc(F)c(=O)[nH]c1=O)C(c1ccccc1)(c1ccccc1)c1ccccc1.